The highest BCUT2D eigenvalue weighted by atomic mass is 16.5. The molecule has 2 bridgehead atoms. The smallest absolute Gasteiger partial charge is 0.332 e. The predicted molar refractivity (Wildman–Crippen MR) is 174 cm³/mol. The van der Waals surface area contributed by atoms with Crippen molar-refractivity contribution < 1.29 is 19.4 Å². The van der Waals surface area contributed by atoms with Gasteiger partial charge in [0.25, 0.3) is 11.5 Å². The second kappa shape index (κ2) is 11.2. The summed E-state index contributed by atoms with van der Waals surface area (Å²) in [5.41, 5.74) is 3.08. The van der Waals surface area contributed by atoms with Crippen LogP contribution in [0.15, 0.2) is 82.5 Å². The van der Waals surface area contributed by atoms with Crippen molar-refractivity contribution >= 4 is 11.7 Å². The van der Waals surface area contributed by atoms with E-state index in [1.807, 2.05) is 36.4 Å². The maximum atomic E-state index is 14.2. The van der Waals surface area contributed by atoms with Crippen LogP contribution in [-0.2, 0) is 35.9 Å². The van der Waals surface area contributed by atoms with Crippen LogP contribution in [0, 0.1) is 0 Å². The topological polar surface area (TPSA) is 143 Å². The van der Waals surface area contributed by atoms with Crippen molar-refractivity contribution in [2.75, 3.05) is 13.1 Å². The average Bonchev–Trinajstić information content (AvgIpc) is 3.40. The highest BCUT2D eigenvalue weighted by Crippen LogP contribution is 2.62. The number of aromatic nitrogens is 2. The summed E-state index contributed by atoms with van der Waals surface area (Å²) in [6.07, 6.45) is 4.35. The van der Waals surface area contributed by atoms with Gasteiger partial charge in [0.1, 0.15) is 5.75 Å². The molecule has 47 heavy (non-hydrogen) atoms. The Labute approximate surface area is 270 Å². The van der Waals surface area contributed by atoms with Gasteiger partial charge in [0.15, 0.2) is 11.9 Å². The summed E-state index contributed by atoms with van der Waals surface area (Å²) >= 11 is 0. The Bertz CT molecular complexity index is 2020. The zero-order valence-electron chi connectivity index (χ0n) is 25.9. The zero-order valence-corrected chi connectivity index (χ0v) is 25.9. The Hall–Kier alpha value is -4.80. The Kier molecular flexibility index (Phi) is 7.03. The van der Waals surface area contributed by atoms with E-state index in [1.54, 1.807) is 12.1 Å². The van der Waals surface area contributed by atoms with Crippen molar-refractivity contribution in [1.29, 1.82) is 0 Å². The SMILES string of the molecule is O=C(NCCc1ccc(-n2ccc(=O)[nH]c2=O)cc1)c1c(CCc2ccccc2)cc2c3c1C[C@H]1NCC[C@@]34C(O2)C(=O)CC[C@@]14O. The second-order valence-corrected chi connectivity index (χ2v) is 13.2. The largest absolute Gasteiger partial charge is 0.481 e. The van der Waals surface area contributed by atoms with Crippen molar-refractivity contribution in [3.63, 3.8) is 0 Å². The van der Waals surface area contributed by atoms with Gasteiger partial charge >= 0.3 is 5.69 Å². The number of hydrogen-bond acceptors (Lipinski definition) is 7. The van der Waals surface area contributed by atoms with Crippen LogP contribution in [0.1, 0.15) is 57.4 Å². The molecule has 1 spiro atoms. The van der Waals surface area contributed by atoms with E-state index in [9.17, 15) is 24.3 Å². The lowest BCUT2D eigenvalue weighted by Gasteiger charge is -2.59. The van der Waals surface area contributed by atoms with E-state index in [0.29, 0.717) is 62.2 Å². The van der Waals surface area contributed by atoms with Crippen LogP contribution in [0.3, 0.4) is 0 Å². The van der Waals surface area contributed by atoms with Crippen LogP contribution < -0.4 is 26.6 Å². The number of ketones is 1. The molecule has 1 amide bonds. The third-order valence-electron chi connectivity index (χ3n) is 10.8. The molecule has 240 valence electrons. The highest BCUT2D eigenvalue weighted by molar-refractivity contribution is 5.99. The van der Waals surface area contributed by atoms with Crippen molar-refractivity contribution in [2.45, 2.75) is 68.1 Å². The number of benzene rings is 3. The van der Waals surface area contributed by atoms with Gasteiger partial charge in [-0.2, -0.15) is 0 Å². The summed E-state index contributed by atoms with van der Waals surface area (Å²) in [5, 5.41) is 18.9. The fourth-order valence-corrected chi connectivity index (χ4v) is 8.64. The number of carbonyl (C=O) groups excluding carboxylic acids is 2. The minimum absolute atomic E-state index is 0.0210. The van der Waals surface area contributed by atoms with E-state index in [0.717, 1.165) is 34.2 Å². The van der Waals surface area contributed by atoms with Crippen LogP contribution in [-0.4, -0.2) is 57.2 Å². The lowest BCUT2D eigenvalue weighted by molar-refractivity contribution is -0.166. The number of amides is 1. The molecule has 1 unspecified atom stereocenters. The molecule has 10 nitrogen and oxygen atoms in total. The van der Waals surface area contributed by atoms with E-state index < -0.39 is 28.4 Å². The second-order valence-electron chi connectivity index (χ2n) is 13.2. The monoisotopic (exact) mass is 632 g/mol. The minimum atomic E-state index is -1.12. The first-order valence-corrected chi connectivity index (χ1v) is 16.4. The number of H-pyrrole nitrogens is 1. The van der Waals surface area contributed by atoms with Gasteiger partial charge in [0, 0.05) is 42.4 Å². The Morgan fingerprint density at radius 1 is 0.979 bits per heavy atom. The molecule has 8 rings (SSSR count). The quantitative estimate of drug-likeness (QED) is 0.234. The van der Waals surface area contributed by atoms with Gasteiger partial charge in [-0.25, -0.2) is 4.79 Å². The number of carbonyl (C=O) groups is 2. The van der Waals surface area contributed by atoms with Crippen molar-refractivity contribution in [3.8, 4) is 11.4 Å². The van der Waals surface area contributed by atoms with E-state index in [1.165, 1.54) is 16.8 Å². The van der Waals surface area contributed by atoms with Gasteiger partial charge in [-0.3, -0.25) is 23.9 Å². The molecule has 1 aromatic heterocycles. The number of aliphatic hydroxyl groups is 1. The number of Topliss-reactive ketones (excluding diaryl/α,β-unsaturated/α-hetero) is 1. The van der Waals surface area contributed by atoms with Gasteiger partial charge < -0.3 is 20.5 Å². The van der Waals surface area contributed by atoms with Crippen LogP contribution in [0.25, 0.3) is 5.69 Å². The summed E-state index contributed by atoms with van der Waals surface area (Å²) in [4.78, 5) is 53.4. The standard InChI is InChI=1S/C37H36N4O6/c42-27-12-15-37(46)29-21-26-31(34(44)39-17-13-23-7-10-25(11-8-23)41-19-14-30(43)40-35(41)45)24(9-6-22-4-2-1-3-5-22)20-28-32(26)36(37,16-18-38-29)33(27)47-28/h1-5,7-8,10-11,14,19-20,29,33,38,46H,6,9,12-13,15-18,21H2,(H,39,44)(H,40,43,45)/t29-,33?,36+,37-/m1/s1. The molecule has 4 aromatic rings. The predicted octanol–water partition coefficient (Wildman–Crippen LogP) is 2.29. The molecule has 0 radical (unpaired) electrons. The number of aryl methyl sites for hydroxylation is 2. The number of piperidine rings is 1. The number of aromatic amines is 1. The molecule has 4 atom stereocenters. The molecular weight excluding hydrogens is 596 g/mol. The van der Waals surface area contributed by atoms with Gasteiger partial charge in [-0.05, 0) is 85.5 Å². The third-order valence-corrected chi connectivity index (χ3v) is 10.8. The maximum Gasteiger partial charge on any atom is 0.332 e. The van der Waals surface area contributed by atoms with Crippen LogP contribution in [0.5, 0.6) is 5.75 Å². The van der Waals surface area contributed by atoms with Crippen molar-refractivity contribution in [1.82, 2.24) is 20.2 Å². The Morgan fingerprint density at radius 3 is 2.55 bits per heavy atom. The van der Waals surface area contributed by atoms with Crippen LogP contribution >= 0.6 is 0 Å². The lowest BCUT2D eigenvalue weighted by Crippen LogP contribution is -2.76. The maximum absolute atomic E-state index is 14.2. The molecule has 1 saturated heterocycles. The van der Waals surface area contributed by atoms with Gasteiger partial charge in [-0.1, -0.05) is 42.5 Å². The molecule has 4 N–H and O–H groups in total. The zero-order chi connectivity index (χ0) is 32.3. The van der Waals surface area contributed by atoms with E-state index >= 15 is 0 Å². The normalized spacial score (nSPS) is 25.2. The molecule has 2 aliphatic carbocycles. The average molecular weight is 633 g/mol. The number of nitrogens with zero attached hydrogens (tertiary/aromatic N) is 1. The molecule has 2 aliphatic heterocycles. The number of hydrogen-bond donors (Lipinski definition) is 4. The molecule has 2 fully saturated rings. The third kappa shape index (κ3) is 4.61. The lowest BCUT2D eigenvalue weighted by atomic mass is 9.49. The van der Waals surface area contributed by atoms with Crippen LogP contribution in [0.2, 0.25) is 0 Å². The van der Waals surface area contributed by atoms with Gasteiger partial charge in [0.05, 0.1) is 16.7 Å². The number of ether oxygens (including phenoxy) is 1. The van der Waals surface area contributed by atoms with E-state index in [-0.39, 0.29) is 24.2 Å². The summed E-state index contributed by atoms with van der Waals surface area (Å²) in [6.45, 7) is 1.06. The fraction of sp³-hybridized carbons (Fsp3) is 0.351. The van der Waals surface area contributed by atoms with E-state index in [4.69, 9.17) is 4.74 Å². The van der Waals surface area contributed by atoms with Gasteiger partial charge in [0.2, 0.25) is 0 Å². The molecule has 4 aliphatic rings. The molecule has 3 heterocycles. The van der Waals surface area contributed by atoms with Crippen LogP contribution in [0.4, 0.5) is 0 Å². The number of rotatable bonds is 8. The molecule has 3 aromatic carbocycles. The number of nitrogens with one attached hydrogen (secondary N) is 3. The summed E-state index contributed by atoms with van der Waals surface area (Å²) in [6, 6.07) is 20.5. The Morgan fingerprint density at radius 2 is 1.77 bits per heavy atom. The first-order chi connectivity index (χ1) is 22.8. The fourth-order valence-electron chi connectivity index (χ4n) is 8.64. The van der Waals surface area contributed by atoms with Crippen molar-refractivity contribution in [2.24, 2.45) is 0 Å². The highest BCUT2D eigenvalue weighted by Gasteiger charge is 2.72. The first-order valence-electron chi connectivity index (χ1n) is 16.4. The van der Waals surface area contributed by atoms with Crippen molar-refractivity contribution in [3.05, 3.63) is 127 Å². The first kappa shape index (κ1) is 29.6. The van der Waals surface area contributed by atoms with E-state index in [2.05, 4.69) is 27.8 Å². The summed E-state index contributed by atoms with van der Waals surface area (Å²) < 4.78 is 7.83. The van der Waals surface area contributed by atoms with Gasteiger partial charge in [-0.15, -0.1) is 0 Å². The summed E-state index contributed by atoms with van der Waals surface area (Å²) in [7, 11) is 0. The summed E-state index contributed by atoms with van der Waals surface area (Å²) in [5.74, 6) is 0.487. The molecule has 1 saturated carbocycles. The minimum Gasteiger partial charge on any atom is -0.481 e. The Balaban J connectivity index is 1.10. The molecule has 10 heteroatoms. The molecular formula is C37H36N4O6.